The molecule has 0 bridgehead atoms. The van der Waals surface area contributed by atoms with Gasteiger partial charge in [0.25, 0.3) is 0 Å². The van der Waals surface area contributed by atoms with Crippen LogP contribution in [-0.4, -0.2) is 38.9 Å². The van der Waals surface area contributed by atoms with Crippen LogP contribution in [0.25, 0.3) is 10.2 Å². The third-order valence-corrected chi connectivity index (χ3v) is 4.80. The van der Waals surface area contributed by atoms with Crippen LogP contribution < -0.4 is 10.6 Å². The van der Waals surface area contributed by atoms with Gasteiger partial charge in [-0.15, -0.1) is 11.3 Å². The number of halogens is 1. The number of aromatic nitrogens is 2. The van der Waals surface area contributed by atoms with Crippen molar-refractivity contribution in [2.24, 2.45) is 0 Å². The fraction of sp³-hybridized carbons (Fsp3) is 0.500. The second-order valence-electron chi connectivity index (χ2n) is 6.85. The van der Waals surface area contributed by atoms with E-state index in [9.17, 15) is 9.59 Å². The largest absolute Gasteiger partial charge is 0.465 e. The number of fused-ring (bicyclic) bond motifs is 1. The first-order chi connectivity index (χ1) is 12.0. The monoisotopic (exact) mass is 400 g/mol. The Bertz CT molecular complexity index is 847. The van der Waals surface area contributed by atoms with Gasteiger partial charge in [-0.05, 0) is 51.8 Å². The minimum atomic E-state index is -1.08. The van der Waals surface area contributed by atoms with Crippen LogP contribution in [0, 0.1) is 6.92 Å². The second kappa shape index (κ2) is 7.63. The van der Waals surface area contributed by atoms with Crippen molar-refractivity contribution in [2.45, 2.75) is 52.7 Å². The number of carbonyl (C=O) groups is 2. The standard InChI is InChI=1S/C16H21ClN4O4S/c1-7(18-14(22)23)6-9-8(2)10-11(26-9)12(20-13(17)19-10)21-15(24)25-16(3,4)5/h7,18H,6H2,1-5H3,(H,22,23)(H,19,20,21,24). The van der Waals surface area contributed by atoms with E-state index >= 15 is 0 Å². The average molecular weight is 401 g/mol. The van der Waals surface area contributed by atoms with Crippen molar-refractivity contribution in [3.05, 3.63) is 15.7 Å². The number of amides is 2. The highest BCUT2D eigenvalue weighted by atomic mass is 35.5. The Balaban J connectivity index is 2.35. The highest BCUT2D eigenvalue weighted by Crippen LogP contribution is 2.35. The molecule has 3 N–H and O–H groups in total. The van der Waals surface area contributed by atoms with Gasteiger partial charge in [0.15, 0.2) is 5.82 Å². The first kappa shape index (κ1) is 20.2. The normalized spacial score (nSPS) is 12.7. The summed E-state index contributed by atoms with van der Waals surface area (Å²) >= 11 is 7.38. The van der Waals surface area contributed by atoms with Gasteiger partial charge >= 0.3 is 12.2 Å². The molecule has 0 aliphatic carbocycles. The number of rotatable bonds is 4. The molecule has 2 amide bonds. The van der Waals surface area contributed by atoms with E-state index in [2.05, 4.69) is 20.6 Å². The summed E-state index contributed by atoms with van der Waals surface area (Å²) in [6, 6.07) is -0.273. The van der Waals surface area contributed by atoms with Crippen LogP contribution in [0.1, 0.15) is 38.1 Å². The Morgan fingerprint density at radius 1 is 1.35 bits per heavy atom. The molecule has 1 atom stereocenters. The second-order valence-corrected chi connectivity index (χ2v) is 8.29. The number of hydrogen-bond donors (Lipinski definition) is 3. The maximum absolute atomic E-state index is 12.1. The van der Waals surface area contributed by atoms with Gasteiger partial charge in [-0.2, -0.15) is 4.98 Å². The van der Waals surface area contributed by atoms with Gasteiger partial charge in [-0.1, -0.05) is 0 Å². The summed E-state index contributed by atoms with van der Waals surface area (Å²) in [6.07, 6.45) is -1.23. The summed E-state index contributed by atoms with van der Waals surface area (Å²) in [5.74, 6) is 0.271. The van der Waals surface area contributed by atoms with Crippen molar-refractivity contribution in [2.75, 3.05) is 5.32 Å². The van der Waals surface area contributed by atoms with Crippen LogP contribution >= 0.6 is 22.9 Å². The zero-order valence-electron chi connectivity index (χ0n) is 15.1. The summed E-state index contributed by atoms with van der Waals surface area (Å²) in [5.41, 5.74) is 0.855. The Kier molecular flexibility index (Phi) is 5.92. The van der Waals surface area contributed by atoms with Gasteiger partial charge in [0.2, 0.25) is 5.28 Å². The lowest BCUT2D eigenvalue weighted by Crippen LogP contribution is -2.32. The topological polar surface area (TPSA) is 113 Å². The molecule has 0 saturated heterocycles. The highest BCUT2D eigenvalue weighted by molar-refractivity contribution is 7.19. The van der Waals surface area contributed by atoms with E-state index in [1.165, 1.54) is 11.3 Å². The van der Waals surface area contributed by atoms with Crippen LogP contribution in [0.2, 0.25) is 5.28 Å². The number of ether oxygens (including phenoxy) is 1. The molecular weight excluding hydrogens is 380 g/mol. The predicted octanol–water partition coefficient (Wildman–Crippen LogP) is 4.20. The summed E-state index contributed by atoms with van der Waals surface area (Å²) in [5, 5.41) is 13.9. The Hall–Kier alpha value is -2.13. The Labute approximate surface area is 159 Å². The van der Waals surface area contributed by atoms with Crippen LogP contribution in [0.15, 0.2) is 0 Å². The molecule has 0 radical (unpaired) electrons. The predicted molar refractivity (Wildman–Crippen MR) is 101 cm³/mol. The minimum absolute atomic E-state index is 0.00715. The van der Waals surface area contributed by atoms with Crippen LogP contribution in [0.5, 0.6) is 0 Å². The van der Waals surface area contributed by atoms with Gasteiger partial charge in [0, 0.05) is 17.3 Å². The third-order valence-electron chi connectivity index (χ3n) is 3.32. The van der Waals surface area contributed by atoms with Crippen LogP contribution in [0.3, 0.4) is 0 Å². The molecule has 0 saturated carbocycles. The van der Waals surface area contributed by atoms with E-state index in [1.807, 2.05) is 6.92 Å². The number of carboxylic acid groups (broad SMARTS) is 1. The lowest BCUT2D eigenvalue weighted by molar-refractivity contribution is 0.0635. The van der Waals surface area contributed by atoms with Gasteiger partial charge in [-0.3, -0.25) is 5.32 Å². The average Bonchev–Trinajstić information content (AvgIpc) is 2.73. The molecule has 142 valence electrons. The Morgan fingerprint density at radius 3 is 2.58 bits per heavy atom. The molecule has 0 aromatic carbocycles. The minimum Gasteiger partial charge on any atom is -0.465 e. The lowest BCUT2D eigenvalue weighted by atomic mass is 10.1. The molecule has 2 aromatic rings. The van der Waals surface area contributed by atoms with Crippen molar-refractivity contribution in [1.82, 2.24) is 15.3 Å². The van der Waals surface area contributed by atoms with E-state index in [-0.39, 0.29) is 17.1 Å². The molecule has 2 rings (SSSR count). The molecule has 2 aromatic heterocycles. The lowest BCUT2D eigenvalue weighted by Gasteiger charge is -2.19. The summed E-state index contributed by atoms with van der Waals surface area (Å²) < 4.78 is 5.91. The maximum atomic E-state index is 12.1. The molecule has 1 unspecified atom stereocenters. The molecule has 0 aliphatic rings. The summed E-state index contributed by atoms with van der Waals surface area (Å²) in [4.78, 5) is 32.1. The zero-order valence-corrected chi connectivity index (χ0v) is 16.7. The quantitative estimate of drug-likeness (QED) is 0.663. The molecule has 0 aliphatic heterocycles. The number of hydrogen-bond acceptors (Lipinski definition) is 6. The number of carbonyl (C=O) groups excluding carboxylic acids is 1. The highest BCUT2D eigenvalue weighted by Gasteiger charge is 2.21. The third kappa shape index (κ3) is 5.18. The van der Waals surface area contributed by atoms with E-state index in [4.69, 9.17) is 21.4 Å². The van der Waals surface area contributed by atoms with Gasteiger partial charge in [0.1, 0.15) is 5.60 Å². The zero-order chi connectivity index (χ0) is 19.6. The number of aryl methyl sites for hydroxylation is 1. The van der Waals surface area contributed by atoms with Crippen molar-refractivity contribution < 1.29 is 19.4 Å². The van der Waals surface area contributed by atoms with Crippen molar-refractivity contribution in [3.63, 3.8) is 0 Å². The summed E-state index contributed by atoms with van der Waals surface area (Å²) in [6.45, 7) is 8.94. The molecule has 0 fully saturated rings. The molecule has 26 heavy (non-hydrogen) atoms. The van der Waals surface area contributed by atoms with Crippen LogP contribution in [-0.2, 0) is 11.2 Å². The number of nitrogens with one attached hydrogen (secondary N) is 2. The van der Waals surface area contributed by atoms with Gasteiger partial charge in [-0.25, -0.2) is 14.6 Å². The van der Waals surface area contributed by atoms with Gasteiger partial charge in [0.05, 0.1) is 10.2 Å². The number of thiophene rings is 1. The van der Waals surface area contributed by atoms with E-state index < -0.39 is 17.8 Å². The van der Waals surface area contributed by atoms with Crippen LogP contribution in [0.4, 0.5) is 15.4 Å². The molecule has 10 heteroatoms. The fourth-order valence-electron chi connectivity index (χ4n) is 2.33. The molecule has 0 spiro atoms. The summed E-state index contributed by atoms with van der Waals surface area (Å²) in [7, 11) is 0. The number of nitrogens with zero attached hydrogens (tertiary/aromatic N) is 2. The first-order valence-electron chi connectivity index (χ1n) is 7.91. The maximum Gasteiger partial charge on any atom is 0.413 e. The molecule has 8 nitrogen and oxygen atoms in total. The fourth-order valence-corrected chi connectivity index (χ4v) is 3.81. The van der Waals surface area contributed by atoms with Crippen molar-refractivity contribution >= 4 is 51.2 Å². The Morgan fingerprint density at radius 2 is 2.00 bits per heavy atom. The van der Waals surface area contributed by atoms with Gasteiger partial charge < -0.3 is 15.2 Å². The van der Waals surface area contributed by atoms with Crippen molar-refractivity contribution in [3.8, 4) is 0 Å². The smallest absolute Gasteiger partial charge is 0.413 e. The van der Waals surface area contributed by atoms with Crippen molar-refractivity contribution in [1.29, 1.82) is 0 Å². The first-order valence-corrected chi connectivity index (χ1v) is 9.10. The SMILES string of the molecule is Cc1c(CC(C)NC(=O)O)sc2c(NC(=O)OC(C)(C)C)nc(Cl)nc12. The number of anilines is 1. The van der Waals surface area contributed by atoms with E-state index in [0.717, 1.165) is 10.4 Å². The van der Waals surface area contributed by atoms with E-state index in [1.54, 1.807) is 27.7 Å². The molecular formula is C16H21ClN4O4S. The van der Waals surface area contributed by atoms with E-state index in [0.29, 0.717) is 16.6 Å². The molecule has 2 heterocycles.